The van der Waals surface area contributed by atoms with E-state index in [4.69, 9.17) is 0 Å². The molecule has 144 valence electrons. The first kappa shape index (κ1) is 20.4. The Morgan fingerprint density at radius 2 is 1.92 bits per heavy atom. The van der Waals surface area contributed by atoms with Crippen LogP contribution in [-0.2, 0) is 9.59 Å². The van der Waals surface area contributed by atoms with Gasteiger partial charge in [0, 0.05) is 17.8 Å². The minimum absolute atomic E-state index is 0.0247. The van der Waals surface area contributed by atoms with Gasteiger partial charge in [0.1, 0.15) is 12.4 Å². The number of rotatable bonds is 5. The molecule has 1 aromatic rings. The lowest BCUT2D eigenvalue weighted by molar-refractivity contribution is -0.140. The number of likely N-dealkylation sites (tertiary alicyclic amines) is 1. The quantitative estimate of drug-likeness (QED) is 0.874. The monoisotopic (exact) mass is 363 g/mol. The Kier molecular flexibility index (Phi) is 6.75. The van der Waals surface area contributed by atoms with Gasteiger partial charge in [0.25, 0.3) is 0 Å². The molecule has 1 aliphatic heterocycles. The number of nitrogens with one attached hydrogen (secondary N) is 1. The zero-order valence-corrected chi connectivity index (χ0v) is 16.2. The Balaban J connectivity index is 1.98. The van der Waals surface area contributed by atoms with Gasteiger partial charge in [-0.2, -0.15) is 0 Å². The second-order valence-corrected chi connectivity index (χ2v) is 8.19. The fourth-order valence-electron chi connectivity index (χ4n) is 3.28. The summed E-state index contributed by atoms with van der Waals surface area (Å²) >= 11 is 0. The van der Waals surface area contributed by atoms with Crippen molar-refractivity contribution in [2.45, 2.75) is 46.1 Å². The second-order valence-electron chi connectivity index (χ2n) is 8.19. The first-order valence-corrected chi connectivity index (χ1v) is 9.23. The Hall–Kier alpha value is -1.95. The lowest BCUT2D eigenvalue weighted by atomic mass is 10.00. The molecule has 0 radical (unpaired) electrons. The number of nitrogens with zero attached hydrogens (tertiary/aromatic N) is 2. The van der Waals surface area contributed by atoms with E-state index in [1.165, 1.54) is 30.7 Å². The number of halogens is 1. The minimum atomic E-state index is -0.460. The molecule has 1 aliphatic rings. The summed E-state index contributed by atoms with van der Waals surface area (Å²) < 4.78 is 13.0. The summed E-state index contributed by atoms with van der Waals surface area (Å²) in [6.45, 7) is 10.1. The normalized spacial score (nSPS) is 18.4. The smallest absolute Gasteiger partial charge is 0.244 e. The van der Waals surface area contributed by atoms with Crippen LogP contribution in [0.3, 0.4) is 0 Å². The van der Waals surface area contributed by atoms with Gasteiger partial charge in [0.05, 0.1) is 6.54 Å². The molecular weight excluding hydrogens is 333 g/mol. The molecule has 1 N–H and O–H groups in total. The molecule has 1 aromatic carbocycles. The number of hydrogen-bond donors (Lipinski definition) is 1. The molecule has 1 saturated heterocycles. The molecular formula is C20H30FN3O2. The lowest BCUT2D eigenvalue weighted by Crippen LogP contribution is -2.53. The van der Waals surface area contributed by atoms with E-state index in [2.05, 4.69) is 17.1 Å². The van der Waals surface area contributed by atoms with Gasteiger partial charge in [-0.05, 0) is 70.3 Å². The molecule has 6 heteroatoms. The SMILES string of the molecule is C[C@@H]1CCCN(CC(=O)N(CC(=O)Nc2ccc(F)cc2)C(C)(C)C)C1. The summed E-state index contributed by atoms with van der Waals surface area (Å²) in [6, 6.07) is 5.59. The molecule has 0 bridgehead atoms. The highest BCUT2D eigenvalue weighted by molar-refractivity contribution is 5.95. The Labute approximate surface area is 155 Å². The molecule has 0 spiro atoms. The van der Waals surface area contributed by atoms with Crippen LogP contribution in [0.15, 0.2) is 24.3 Å². The molecule has 1 atom stereocenters. The van der Waals surface area contributed by atoms with Crippen LogP contribution in [-0.4, -0.2) is 53.3 Å². The van der Waals surface area contributed by atoms with E-state index in [9.17, 15) is 14.0 Å². The number of carbonyl (C=O) groups is 2. The third-order valence-corrected chi connectivity index (χ3v) is 4.64. The van der Waals surface area contributed by atoms with Crippen molar-refractivity contribution in [1.82, 2.24) is 9.80 Å². The van der Waals surface area contributed by atoms with Crippen LogP contribution in [0.25, 0.3) is 0 Å². The van der Waals surface area contributed by atoms with Gasteiger partial charge < -0.3 is 10.2 Å². The van der Waals surface area contributed by atoms with Crippen molar-refractivity contribution in [1.29, 1.82) is 0 Å². The first-order chi connectivity index (χ1) is 12.1. The van der Waals surface area contributed by atoms with Crippen molar-refractivity contribution in [3.63, 3.8) is 0 Å². The third-order valence-electron chi connectivity index (χ3n) is 4.64. The van der Waals surface area contributed by atoms with E-state index < -0.39 is 5.54 Å². The van der Waals surface area contributed by atoms with Gasteiger partial charge in [-0.15, -0.1) is 0 Å². The van der Waals surface area contributed by atoms with Crippen LogP contribution in [0.5, 0.6) is 0 Å². The zero-order valence-electron chi connectivity index (χ0n) is 16.2. The summed E-state index contributed by atoms with van der Waals surface area (Å²) in [5.74, 6) is -0.0839. The molecule has 0 saturated carbocycles. The van der Waals surface area contributed by atoms with Crippen LogP contribution in [0.1, 0.15) is 40.5 Å². The van der Waals surface area contributed by atoms with E-state index in [0.717, 1.165) is 19.5 Å². The van der Waals surface area contributed by atoms with Gasteiger partial charge >= 0.3 is 0 Å². The van der Waals surface area contributed by atoms with Crippen LogP contribution in [0, 0.1) is 11.7 Å². The molecule has 5 nitrogen and oxygen atoms in total. The maximum absolute atomic E-state index is 13.0. The van der Waals surface area contributed by atoms with E-state index >= 15 is 0 Å². The van der Waals surface area contributed by atoms with Gasteiger partial charge in [-0.1, -0.05) is 6.92 Å². The molecule has 2 amide bonds. The molecule has 0 aliphatic carbocycles. The molecule has 26 heavy (non-hydrogen) atoms. The van der Waals surface area contributed by atoms with E-state index in [-0.39, 0.29) is 24.2 Å². The number of carbonyl (C=O) groups excluding carboxylic acids is 2. The standard InChI is InChI=1S/C20H30FN3O2/c1-15-6-5-11-23(12-15)14-19(26)24(20(2,3)4)13-18(25)22-17-9-7-16(21)8-10-17/h7-10,15H,5-6,11-14H2,1-4H3,(H,22,25)/t15-/m1/s1. The van der Waals surface area contributed by atoms with E-state index in [1.54, 1.807) is 4.90 Å². The fraction of sp³-hybridized carbons (Fsp3) is 0.600. The van der Waals surface area contributed by atoms with Gasteiger partial charge in [-0.25, -0.2) is 4.39 Å². The van der Waals surface area contributed by atoms with E-state index in [1.807, 2.05) is 20.8 Å². The molecule has 1 fully saturated rings. The van der Waals surface area contributed by atoms with Gasteiger partial charge in [0.15, 0.2) is 0 Å². The summed E-state index contributed by atoms with van der Waals surface area (Å²) in [5, 5.41) is 2.72. The van der Waals surface area contributed by atoms with Crippen LogP contribution in [0.2, 0.25) is 0 Å². The average Bonchev–Trinajstić information content (AvgIpc) is 2.53. The highest BCUT2D eigenvalue weighted by Gasteiger charge is 2.30. The Bertz CT molecular complexity index is 625. The highest BCUT2D eigenvalue weighted by Crippen LogP contribution is 2.18. The summed E-state index contributed by atoms with van der Waals surface area (Å²) in [4.78, 5) is 29.0. The zero-order chi connectivity index (χ0) is 19.3. The number of amides is 2. The van der Waals surface area contributed by atoms with Crippen LogP contribution < -0.4 is 5.32 Å². The van der Waals surface area contributed by atoms with Crippen molar-refractivity contribution in [2.75, 3.05) is 31.5 Å². The van der Waals surface area contributed by atoms with Crippen LogP contribution in [0.4, 0.5) is 10.1 Å². The van der Waals surface area contributed by atoms with Crippen molar-refractivity contribution in [3.8, 4) is 0 Å². The van der Waals surface area contributed by atoms with Gasteiger partial charge in [-0.3, -0.25) is 14.5 Å². The lowest BCUT2D eigenvalue weighted by Gasteiger charge is -2.38. The largest absolute Gasteiger partial charge is 0.327 e. The Morgan fingerprint density at radius 3 is 2.50 bits per heavy atom. The molecule has 2 rings (SSSR count). The number of hydrogen-bond acceptors (Lipinski definition) is 3. The summed E-state index contributed by atoms with van der Waals surface area (Å²) in [5.41, 5.74) is 0.0566. The first-order valence-electron chi connectivity index (χ1n) is 9.23. The predicted octanol–water partition coefficient (Wildman–Crippen LogP) is 3.12. The van der Waals surface area contributed by atoms with Crippen LogP contribution >= 0.6 is 0 Å². The average molecular weight is 363 g/mol. The van der Waals surface area contributed by atoms with E-state index in [0.29, 0.717) is 18.2 Å². The number of piperidine rings is 1. The van der Waals surface area contributed by atoms with Crippen molar-refractivity contribution < 1.29 is 14.0 Å². The fourth-order valence-corrected chi connectivity index (χ4v) is 3.28. The second kappa shape index (κ2) is 8.62. The molecule has 0 unspecified atom stereocenters. The molecule has 0 aromatic heterocycles. The summed E-state index contributed by atoms with van der Waals surface area (Å²) in [7, 11) is 0. The number of benzene rings is 1. The Morgan fingerprint density at radius 1 is 1.27 bits per heavy atom. The van der Waals surface area contributed by atoms with Crippen molar-refractivity contribution in [3.05, 3.63) is 30.1 Å². The predicted molar refractivity (Wildman–Crippen MR) is 101 cm³/mol. The maximum Gasteiger partial charge on any atom is 0.244 e. The molecule has 1 heterocycles. The summed E-state index contributed by atoms with van der Waals surface area (Å²) in [6.07, 6.45) is 2.31. The highest BCUT2D eigenvalue weighted by atomic mass is 19.1. The van der Waals surface area contributed by atoms with Crippen molar-refractivity contribution in [2.24, 2.45) is 5.92 Å². The van der Waals surface area contributed by atoms with Crippen molar-refractivity contribution >= 4 is 17.5 Å². The number of anilines is 1. The maximum atomic E-state index is 13.0. The minimum Gasteiger partial charge on any atom is -0.327 e. The topological polar surface area (TPSA) is 52.7 Å². The third kappa shape index (κ3) is 6.09. The van der Waals surface area contributed by atoms with Gasteiger partial charge in [0.2, 0.25) is 11.8 Å².